The first-order valence-corrected chi connectivity index (χ1v) is 14.5. The molecule has 2 heteroatoms. The molecule has 0 amide bonds. The number of aliphatic hydroxyl groups is 2. The van der Waals surface area contributed by atoms with Gasteiger partial charge in [0.1, 0.15) is 0 Å². The van der Waals surface area contributed by atoms with Crippen LogP contribution in [0, 0.1) is 35.5 Å². The molecule has 0 saturated heterocycles. The lowest BCUT2D eigenvalue weighted by molar-refractivity contribution is 0.0934. The van der Waals surface area contributed by atoms with Crippen molar-refractivity contribution in [3.05, 3.63) is 34.9 Å². The van der Waals surface area contributed by atoms with Gasteiger partial charge in [0.2, 0.25) is 0 Å². The van der Waals surface area contributed by atoms with Gasteiger partial charge < -0.3 is 10.2 Å². The maximum absolute atomic E-state index is 10.4. The van der Waals surface area contributed by atoms with Crippen molar-refractivity contribution >= 4 is 0 Å². The molecule has 34 heavy (non-hydrogen) atoms. The molecule has 0 radical (unpaired) electrons. The normalized spacial score (nSPS) is 28.9. The molecule has 0 heterocycles. The molecule has 3 aliphatic rings. The molecule has 3 aliphatic carbocycles. The highest BCUT2D eigenvalue weighted by Gasteiger charge is 2.30. The summed E-state index contributed by atoms with van der Waals surface area (Å²) in [5.74, 6) is 4.05. The maximum atomic E-state index is 10.4. The summed E-state index contributed by atoms with van der Waals surface area (Å²) in [6.45, 7) is 17.8. The van der Waals surface area contributed by atoms with Crippen LogP contribution in [0.3, 0.4) is 0 Å². The average molecular weight is 475 g/mol. The van der Waals surface area contributed by atoms with Crippen molar-refractivity contribution in [1.29, 1.82) is 0 Å². The molecule has 2 nitrogen and oxygen atoms in total. The first-order valence-electron chi connectivity index (χ1n) is 14.5. The van der Waals surface area contributed by atoms with Crippen LogP contribution in [0.4, 0.5) is 0 Å². The standard InChI is InChI=1S/C20H34O.C10H18O.C2H6/c1-5-17(19-11-6-15(4)12-20(19)21)13-16-7-9-18(10-8-16)14(2)3;1-8-3-5-10(6-4-8)9(2)7-11;1-2/h7,12,14,17-21H,5-6,8-11,13H2,1-4H3;3,9-11H,4-7H2,1-2H3;1-2H3. The Balaban J connectivity index is 0.000000374. The lowest BCUT2D eigenvalue weighted by Crippen LogP contribution is -2.29. The fourth-order valence-corrected chi connectivity index (χ4v) is 5.86. The van der Waals surface area contributed by atoms with E-state index in [9.17, 15) is 5.11 Å². The topological polar surface area (TPSA) is 40.5 Å². The molecular weight excluding hydrogens is 416 g/mol. The van der Waals surface area contributed by atoms with Gasteiger partial charge in [-0.1, -0.05) is 82.9 Å². The van der Waals surface area contributed by atoms with Gasteiger partial charge >= 0.3 is 0 Å². The number of hydrogen-bond donors (Lipinski definition) is 2. The SMILES string of the molecule is CC.CC1=CCC(C(C)CO)CC1.CCC(CC1=CCC(C(C)C)CC1)C1CCC(C)=CC1O. The van der Waals surface area contributed by atoms with Gasteiger partial charge in [0.25, 0.3) is 0 Å². The van der Waals surface area contributed by atoms with E-state index in [0.717, 1.165) is 17.8 Å². The molecule has 2 N–H and O–H groups in total. The van der Waals surface area contributed by atoms with Crippen LogP contribution in [0.5, 0.6) is 0 Å². The maximum Gasteiger partial charge on any atom is 0.0754 e. The summed E-state index contributed by atoms with van der Waals surface area (Å²) in [4.78, 5) is 0. The van der Waals surface area contributed by atoms with Gasteiger partial charge in [0.05, 0.1) is 6.10 Å². The van der Waals surface area contributed by atoms with Crippen LogP contribution >= 0.6 is 0 Å². The van der Waals surface area contributed by atoms with Crippen molar-refractivity contribution < 1.29 is 10.2 Å². The Labute approximate surface area is 213 Å². The molecule has 0 aromatic rings. The van der Waals surface area contributed by atoms with Gasteiger partial charge in [-0.15, -0.1) is 0 Å². The van der Waals surface area contributed by atoms with Crippen molar-refractivity contribution in [3.63, 3.8) is 0 Å². The van der Waals surface area contributed by atoms with Crippen LogP contribution in [-0.4, -0.2) is 22.9 Å². The molecule has 6 unspecified atom stereocenters. The van der Waals surface area contributed by atoms with Crippen molar-refractivity contribution in [2.75, 3.05) is 6.61 Å². The highest BCUT2D eigenvalue weighted by molar-refractivity contribution is 5.12. The molecule has 3 rings (SSSR count). The second kappa shape index (κ2) is 16.7. The molecule has 0 aromatic carbocycles. The van der Waals surface area contributed by atoms with E-state index in [0.29, 0.717) is 24.4 Å². The molecule has 0 aliphatic heterocycles. The quantitative estimate of drug-likeness (QED) is 0.362. The monoisotopic (exact) mass is 474 g/mol. The third-order valence-corrected chi connectivity index (χ3v) is 8.68. The molecule has 0 fully saturated rings. The van der Waals surface area contributed by atoms with Crippen LogP contribution < -0.4 is 0 Å². The largest absolute Gasteiger partial charge is 0.396 e. The van der Waals surface area contributed by atoms with E-state index in [1.165, 1.54) is 75.4 Å². The second-order valence-corrected chi connectivity index (χ2v) is 11.5. The van der Waals surface area contributed by atoms with Crippen LogP contribution in [0.2, 0.25) is 0 Å². The Bertz CT molecular complexity index is 641. The highest BCUT2D eigenvalue weighted by atomic mass is 16.3. The van der Waals surface area contributed by atoms with Crippen LogP contribution in [0.15, 0.2) is 34.9 Å². The third-order valence-electron chi connectivity index (χ3n) is 8.68. The number of hydrogen-bond acceptors (Lipinski definition) is 2. The van der Waals surface area contributed by atoms with E-state index in [4.69, 9.17) is 5.11 Å². The average Bonchev–Trinajstić information content (AvgIpc) is 2.85. The zero-order valence-corrected chi connectivity index (χ0v) is 23.9. The van der Waals surface area contributed by atoms with E-state index in [1.54, 1.807) is 5.57 Å². The summed E-state index contributed by atoms with van der Waals surface area (Å²) in [7, 11) is 0. The van der Waals surface area contributed by atoms with E-state index >= 15 is 0 Å². The van der Waals surface area contributed by atoms with E-state index in [1.807, 2.05) is 13.8 Å². The zero-order chi connectivity index (χ0) is 25.7. The lowest BCUT2D eigenvalue weighted by atomic mass is 9.73. The van der Waals surface area contributed by atoms with Crippen molar-refractivity contribution in [3.8, 4) is 0 Å². The minimum Gasteiger partial charge on any atom is -0.396 e. The van der Waals surface area contributed by atoms with Gasteiger partial charge in [-0.2, -0.15) is 0 Å². The van der Waals surface area contributed by atoms with E-state index in [2.05, 4.69) is 59.8 Å². The van der Waals surface area contributed by atoms with Crippen LogP contribution in [0.25, 0.3) is 0 Å². The first kappa shape index (κ1) is 31.2. The van der Waals surface area contributed by atoms with Crippen molar-refractivity contribution in [1.82, 2.24) is 0 Å². The number of aliphatic hydroxyl groups excluding tert-OH is 2. The summed E-state index contributed by atoms with van der Waals surface area (Å²) in [6, 6.07) is 0. The second-order valence-electron chi connectivity index (χ2n) is 11.5. The number of allylic oxidation sites excluding steroid dienone is 5. The Morgan fingerprint density at radius 1 is 0.882 bits per heavy atom. The summed E-state index contributed by atoms with van der Waals surface area (Å²) in [5.41, 5.74) is 4.55. The van der Waals surface area contributed by atoms with E-state index < -0.39 is 0 Å². The highest BCUT2D eigenvalue weighted by Crippen LogP contribution is 2.38. The predicted octanol–water partition coefficient (Wildman–Crippen LogP) is 8.89. The minimum atomic E-state index is -0.212. The predicted molar refractivity (Wildman–Crippen MR) is 150 cm³/mol. The zero-order valence-electron chi connectivity index (χ0n) is 23.9. The van der Waals surface area contributed by atoms with Gasteiger partial charge in [0, 0.05) is 6.61 Å². The van der Waals surface area contributed by atoms with Gasteiger partial charge in [0.15, 0.2) is 0 Å². The summed E-state index contributed by atoms with van der Waals surface area (Å²) >= 11 is 0. The molecule has 198 valence electrons. The first-order chi connectivity index (χ1) is 16.2. The van der Waals surface area contributed by atoms with Gasteiger partial charge in [-0.25, -0.2) is 0 Å². The third kappa shape index (κ3) is 10.4. The fourth-order valence-electron chi connectivity index (χ4n) is 5.86. The van der Waals surface area contributed by atoms with Gasteiger partial charge in [-0.3, -0.25) is 0 Å². The fraction of sp³-hybridized carbons (Fsp3) is 0.812. The van der Waals surface area contributed by atoms with Gasteiger partial charge in [-0.05, 0) is 107 Å². The Morgan fingerprint density at radius 2 is 1.50 bits per heavy atom. The Kier molecular flexibility index (Phi) is 15.4. The number of rotatable bonds is 7. The summed E-state index contributed by atoms with van der Waals surface area (Å²) in [5, 5.41) is 19.3. The molecule has 6 atom stereocenters. The van der Waals surface area contributed by atoms with Crippen molar-refractivity contribution in [2.45, 2.75) is 126 Å². The Morgan fingerprint density at radius 3 is 1.97 bits per heavy atom. The lowest BCUT2D eigenvalue weighted by Gasteiger charge is -2.34. The summed E-state index contributed by atoms with van der Waals surface area (Å²) in [6.07, 6.45) is 19.1. The van der Waals surface area contributed by atoms with Crippen LogP contribution in [-0.2, 0) is 0 Å². The molecule has 0 bridgehead atoms. The minimum absolute atomic E-state index is 0.212. The molecular formula is C32H58O2. The van der Waals surface area contributed by atoms with E-state index in [-0.39, 0.29) is 6.10 Å². The Hall–Kier alpha value is -0.860. The van der Waals surface area contributed by atoms with Crippen LogP contribution in [0.1, 0.15) is 120 Å². The van der Waals surface area contributed by atoms with Crippen molar-refractivity contribution in [2.24, 2.45) is 35.5 Å². The molecule has 0 aromatic heterocycles. The smallest absolute Gasteiger partial charge is 0.0754 e. The molecule has 0 spiro atoms. The molecule has 0 saturated carbocycles. The summed E-state index contributed by atoms with van der Waals surface area (Å²) < 4.78 is 0.